The summed E-state index contributed by atoms with van der Waals surface area (Å²) in [6.07, 6.45) is 10.2. The van der Waals surface area contributed by atoms with E-state index in [1.165, 1.54) is 44.9 Å². The molecule has 45 heavy (non-hydrogen) atoms. The van der Waals surface area contributed by atoms with Crippen molar-refractivity contribution in [3.63, 3.8) is 0 Å². The predicted molar refractivity (Wildman–Crippen MR) is 189 cm³/mol. The molecule has 0 aliphatic carbocycles. The van der Waals surface area contributed by atoms with Gasteiger partial charge in [0.05, 0.1) is 26.0 Å². The number of hydrogen-bond acceptors (Lipinski definition) is 6. The van der Waals surface area contributed by atoms with Crippen LogP contribution < -0.4 is 14.4 Å². The van der Waals surface area contributed by atoms with Crippen LogP contribution in [0.15, 0.2) is 81.7 Å². The van der Waals surface area contributed by atoms with Gasteiger partial charge in [-0.15, -0.1) is 0 Å². The molecule has 0 N–H and O–H groups in total. The predicted octanol–water partition coefficient (Wildman–Crippen LogP) is 8.98. The number of hydrogen-bond donors (Lipinski definition) is 0. The van der Waals surface area contributed by atoms with Crippen LogP contribution >= 0.6 is 0 Å². The molecule has 3 aromatic rings. The number of likely N-dealkylation sites (N-methyl/N-ethyl adjacent to an activating group) is 1. The number of aryl methyl sites for hydroxylation is 1. The summed E-state index contributed by atoms with van der Waals surface area (Å²) >= 11 is 0. The van der Waals surface area contributed by atoms with E-state index in [0.29, 0.717) is 36.3 Å². The van der Waals surface area contributed by atoms with Gasteiger partial charge in [0.2, 0.25) is 0 Å². The minimum atomic E-state index is 0.558. The van der Waals surface area contributed by atoms with Crippen LogP contribution in [0.1, 0.15) is 81.9 Å². The first-order valence-corrected chi connectivity index (χ1v) is 16.6. The molecule has 240 valence electrons. The standard InChI is InChI=1S/C38H50N4O3/c1-6-8-9-10-11-12-13-17-25-45-32-21-22-33(35(28-32)44-5)36-38(41-37(40-36)30-18-15-14-16-19-30)39-34-23-20-31(27-29(34)3)42(7-2)24-26-43-4/h14-16,18-23,27-28H,6-13,17,24-26H2,1-5H3/b39-38-. The summed E-state index contributed by atoms with van der Waals surface area (Å²) in [7, 11) is 3.41. The van der Waals surface area contributed by atoms with Crippen molar-refractivity contribution >= 4 is 28.8 Å². The van der Waals surface area contributed by atoms with E-state index in [1.807, 2.05) is 48.5 Å². The van der Waals surface area contributed by atoms with Gasteiger partial charge in [0, 0.05) is 43.1 Å². The fraction of sp³-hybridized carbons (Fsp3) is 0.447. The van der Waals surface area contributed by atoms with E-state index >= 15 is 0 Å². The Hall–Kier alpha value is -3.97. The van der Waals surface area contributed by atoms with Crippen molar-refractivity contribution in [2.75, 3.05) is 45.4 Å². The molecule has 0 aromatic heterocycles. The number of methoxy groups -OCH3 is 2. The minimum Gasteiger partial charge on any atom is -0.496 e. The number of unbranched alkanes of at least 4 members (excludes halogenated alkanes) is 7. The summed E-state index contributed by atoms with van der Waals surface area (Å²) in [5.74, 6) is 2.66. The van der Waals surface area contributed by atoms with Crippen LogP contribution in [-0.4, -0.2) is 57.9 Å². The summed E-state index contributed by atoms with van der Waals surface area (Å²) in [4.78, 5) is 17.2. The minimum absolute atomic E-state index is 0.558. The van der Waals surface area contributed by atoms with Gasteiger partial charge in [-0.2, -0.15) is 0 Å². The SMILES string of the molecule is CCCCCCCCCCOc1ccc(C2=NC(c3ccccc3)=N/C2=N\c2ccc(N(CC)CCOC)cc2C)c(OC)c1. The lowest BCUT2D eigenvalue weighted by Crippen LogP contribution is -2.26. The highest BCUT2D eigenvalue weighted by atomic mass is 16.5. The van der Waals surface area contributed by atoms with Crippen LogP contribution in [0.5, 0.6) is 11.5 Å². The number of ether oxygens (including phenoxy) is 3. The molecule has 0 bridgehead atoms. The van der Waals surface area contributed by atoms with Gasteiger partial charge in [-0.05, 0) is 56.2 Å². The Morgan fingerprint density at radius 2 is 1.53 bits per heavy atom. The van der Waals surface area contributed by atoms with Crippen LogP contribution in [0, 0.1) is 6.92 Å². The van der Waals surface area contributed by atoms with E-state index in [0.717, 1.165) is 53.3 Å². The van der Waals surface area contributed by atoms with Crippen molar-refractivity contribution < 1.29 is 14.2 Å². The summed E-state index contributed by atoms with van der Waals surface area (Å²) in [5.41, 5.74) is 5.51. The van der Waals surface area contributed by atoms with E-state index in [9.17, 15) is 0 Å². The maximum atomic E-state index is 6.11. The molecule has 0 radical (unpaired) electrons. The van der Waals surface area contributed by atoms with Crippen LogP contribution in [0.25, 0.3) is 0 Å². The molecule has 7 heteroatoms. The van der Waals surface area contributed by atoms with E-state index in [2.05, 4.69) is 43.9 Å². The lowest BCUT2D eigenvalue weighted by Gasteiger charge is -2.23. The molecule has 4 rings (SSSR count). The molecular weight excluding hydrogens is 560 g/mol. The van der Waals surface area contributed by atoms with Gasteiger partial charge < -0.3 is 19.1 Å². The zero-order valence-corrected chi connectivity index (χ0v) is 27.8. The fourth-order valence-corrected chi connectivity index (χ4v) is 5.44. The largest absolute Gasteiger partial charge is 0.496 e. The lowest BCUT2D eigenvalue weighted by molar-refractivity contribution is 0.205. The topological polar surface area (TPSA) is 68.0 Å². The molecule has 0 saturated carbocycles. The molecule has 0 saturated heterocycles. The van der Waals surface area contributed by atoms with Crippen LogP contribution in [0.2, 0.25) is 0 Å². The fourth-order valence-electron chi connectivity index (χ4n) is 5.44. The second-order valence-electron chi connectivity index (χ2n) is 11.4. The molecule has 1 heterocycles. The maximum absolute atomic E-state index is 6.11. The summed E-state index contributed by atoms with van der Waals surface area (Å²) in [5, 5.41) is 0. The van der Waals surface area contributed by atoms with Gasteiger partial charge >= 0.3 is 0 Å². The highest BCUT2D eigenvalue weighted by Crippen LogP contribution is 2.31. The molecule has 3 aromatic carbocycles. The Kier molecular flexibility index (Phi) is 13.6. The highest BCUT2D eigenvalue weighted by Gasteiger charge is 2.24. The van der Waals surface area contributed by atoms with Gasteiger partial charge in [0.1, 0.15) is 17.2 Å². The quantitative estimate of drug-likeness (QED) is 0.127. The van der Waals surface area contributed by atoms with Crippen LogP contribution in [0.4, 0.5) is 11.4 Å². The molecule has 0 unspecified atom stereocenters. The number of aliphatic imine (C=N–C) groups is 3. The van der Waals surface area contributed by atoms with Crippen molar-refractivity contribution in [3.05, 3.63) is 83.4 Å². The van der Waals surface area contributed by atoms with Gasteiger partial charge in [-0.1, -0.05) is 82.2 Å². The summed E-state index contributed by atoms with van der Waals surface area (Å²) in [6.45, 7) is 9.60. The van der Waals surface area contributed by atoms with Gasteiger partial charge in [-0.3, -0.25) is 0 Å². The summed E-state index contributed by atoms with van der Waals surface area (Å²) < 4.78 is 17.3. The number of anilines is 1. The van der Waals surface area contributed by atoms with E-state index in [4.69, 9.17) is 29.2 Å². The van der Waals surface area contributed by atoms with Crippen molar-refractivity contribution in [2.24, 2.45) is 15.0 Å². The van der Waals surface area contributed by atoms with Gasteiger partial charge in [-0.25, -0.2) is 15.0 Å². The maximum Gasteiger partial charge on any atom is 0.181 e. The monoisotopic (exact) mass is 610 g/mol. The molecule has 0 atom stereocenters. The Balaban J connectivity index is 1.54. The van der Waals surface area contributed by atoms with E-state index < -0.39 is 0 Å². The van der Waals surface area contributed by atoms with Crippen molar-refractivity contribution in [3.8, 4) is 11.5 Å². The number of rotatable bonds is 19. The van der Waals surface area contributed by atoms with Crippen molar-refractivity contribution in [1.82, 2.24) is 0 Å². The first-order valence-electron chi connectivity index (χ1n) is 16.6. The average molecular weight is 611 g/mol. The first kappa shape index (κ1) is 33.9. The lowest BCUT2D eigenvalue weighted by atomic mass is 10.1. The van der Waals surface area contributed by atoms with E-state index in [1.54, 1.807) is 14.2 Å². The number of nitrogens with zero attached hydrogens (tertiary/aromatic N) is 4. The van der Waals surface area contributed by atoms with Crippen LogP contribution in [-0.2, 0) is 4.74 Å². The second kappa shape index (κ2) is 18.1. The molecule has 0 amide bonds. The zero-order chi connectivity index (χ0) is 31.9. The second-order valence-corrected chi connectivity index (χ2v) is 11.4. The molecule has 7 nitrogen and oxygen atoms in total. The summed E-state index contributed by atoms with van der Waals surface area (Å²) in [6, 6.07) is 22.3. The molecule has 0 fully saturated rings. The average Bonchev–Trinajstić information content (AvgIpc) is 3.49. The van der Waals surface area contributed by atoms with Gasteiger partial charge in [0.15, 0.2) is 11.7 Å². The normalized spacial score (nSPS) is 13.6. The smallest absolute Gasteiger partial charge is 0.181 e. The van der Waals surface area contributed by atoms with E-state index in [-0.39, 0.29) is 0 Å². The van der Waals surface area contributed by atoms with Gasteiger partial charge in [0.25, 0.3) is 0 Å². The molecule has 1 aliphatic heterocycles. The Labute approximate surface area is 270 Å². The Bertz CT molecular complexity index is 1450. The third-order valence-electron chi connectivity index (χ3n) is 8.09. The highest BCUT2D eigenvalue weighted by molar-refractivity contribution is 6.54. The third kappa shape index (κ3) is 9.76. The Morgan fingerprint density at radius 1 is 0.778 bits per heavy atom. The van der Waals surface area contributed by atoms with Crippen LogP contribution in [0.3, 0.4) is 0 Å². The zero-order valence-electron chi connectivity index (χ0n) is 27.8. The molecule has 0 spiro atoms. The number of benzene rings is 3. The molecular formula is C38H50N4O3. The number of amidine groups is 2. The van der Waals surface area contributed by atoms with Crippen molar-refractivity contribution in [2.45, 2.75) is 72.1 Å². The first-order chi connectivity index (χ1) is 22.1. The van der Waals surface area contributed by atoms with Crippen molar-refractivity contribution in [1.29, 1.82) is 0 Å². The Morgan fingerprint density at radius 3 is 2.22 bits per heavy atom. The molecule has 1 aliphatic rings. The third-order valence-corrected chi connectivity index (χ3v) is 8.09.